The third-order valence-electron chi connectivity index (χ3n) is 5.38. The van der Waals surface area contributed by atoms with Crippen molar-refractivity contribution in [3.8, 4) is 0 Å². The first-order valence-corrected chi connectivity index (χ1v) is 8.51. The lowest BCUT2D eigenvalue weighted by Gasteiger charge is -2.25. The van der Waals surface area contributed by atoms with Gasteiger partial charge in [0.1, 0.15) is 5.56 Å². The van der Waals surface area contributed by atoms with E-state index in [0.717, 1.165) is 62.9 Å². The fourth-order valence-electron chi connectivity index (χ4n) is 4.13. The molecule has 2 atom stereocenters. The first-order valence-electron chi connectivity index (χ1n) is 8.51. The number of aryl methyl sites for hydroxylation is 2. The Morgan fingerprint density at radius 3 is 2.86 bits per heavy atom. The van der Waals surface area contributed by atoms with E-state index in [2.05, 4.69) is 10.3 Å². The van der Waals surface area contributed by atoms with Crippen LogP contribution >= 0.6 is 0 Å². The van der Waals surface area contributed by atoms with E-state index in [4.69, 9.17) is 0 Å². The highest BCUT2D eigenvalue weighted by atomic mass is 16.2. The second-order valence-electron chi connectivity index (χ2n) is 6.90. The van der Waals surface area contributed by atoms with Crippen LogP contribution in [0.1, 0.15) is 53.7 Å². The Balaban J connectivity index is 1.61. The van der Waals surface area contributed by atoms with E-state index in [1.165, 1.54) is 6.42 Å². The zero-order valence-electron chi connectivity index (χ0n) is 12.9. The number of aromatic nitrogens is 1. The summed E-state index contributed by atoms with van der Waals surface area (Å²) in [6.07, 6.45) is 7.50. The molecule has 1 aliphatic carbocycles. The minimum Gasteiger partial charge on any atom is -0.337 e. The summed E-state index contributed by atoms with van der Waals surface area (Å²) in [5.74, 6) is -0.0935. The Morgan fingerprint density at radius 1 is 1.14 bits per heavy atom. The zero-order chi connectivity index (χ0) is 15.1. The standard InChI is InChI=1S/C17H23N3O2/c21-16-14(9-11-3-1-2-4-15(11)19-16)17(22)20-8-7-12-5-6-13(10-20)18-12/h9,12-13,18H,1-8,10H2,(H,19,21). The van der Waals surface area contributed by atoms with Crippen LogP contribution in [0.2, 0.25) is 0 Å². The number of fused-ring (bicyclic) bond motifs is 3. The summed E-state index contributed by atoms with van der Waals surface area (Å²) in [6.45, 7) is 1.48. The maximum absolute atomic E-state index is 12.8. The number of rotatable bonds is 1. The number of pyridine rings is 1. The number of H-pyrrole nitrogens is 1. The lowest BCUT2D eigenvalue weighted by atomic mass is 9.95. The van der Waals surface area contributed by atoms with Crippen LogP contribution in [0.15, 0.2) is 10.9 Å². The first kappa shape index (κ1) is 14.0. The summed E-state index contributed by atoms with van der Waals surface area (Å²) in [6, 6.07) is 2.80. The summed E-state index contributed by atoms with van der Waals surface area (Å²) in [4.78, 5) is 29.9. The van der Waals surface area contributed by atoms with Gasteiger partial charge in [0.2, 0.25) is 0 Å². The van der Waals surface area contributed by atoms with Crippen LogP contribution in [0.3, 0.4) is 0 Å². The minimum absolute atomic E-state index is 0.0935. The Hall–Kier alpha value is -1.62. The SMILES string of the molecule is O=C(c1cc2c([nH]c1=O)CCCC2)N1CCC2CCC(C1)N2. The molecule has 2 N–H and O–H groups in total. The van der Waals surface area contributed by atoms with Gasteiger partial charge in [-0.15, -0.1) is 0 Å². The first-order chi connectivity index (χ1) is 10.7. The van der Waals surface area contributed by atoms with Gasteiger partial charge in [-0.25, -0.2) is 0 Å². The molecule has 2 aliphatic heterocycles. The molecule has 22 heavy (non-hydrogen) atoms. The number of carbonyl (C=O) groups is 1. The minimum atomic E-state index is -0.215. The number of nitrogens with zero attached hydrogens (tertiary/aromatic N) is 1. The summed E-state index contributed by atoms with van der Waals surface area (Å²) >= 11 is 0. The van der Waals surface area contributed by atoms with Crippen molar-refractivity contribution in [3.63, 3.8) is 0 Å². The molecule has 5 heteroatoms. The molecule has 0 saturated carbocycles. The van der Waals surface area contributed by atoms with Gasteiger partial charge in [-0.3, -0.25) is 9.59 Å². The van der Waals surface area contributed by atoms with E-state index in [-0.39, 0.29) is 11.5 Å². The van der Waals surface area contributed by atoms with Crippen LogP contribution < -0.4 is 10.9 Å². The molecule has 2 unspecified atom stereocenters. The average molecular weight is 301 g/mol. The van der Waals surface area contributed by atoms with Gasteiger partial charge < -0.3 is 15.2 Å². The number of likely N-dealkylation sites (tertiary alicyclic amines) is 1. The maximum Gasteiger partial charge on any atom is 0.261 e. The molecule has 2 bridgehead atoms. The van der Waals surface area contributed by atoms with Crippen molar-refractivity contribution < 1.29 is 4.79 Å². The van der Waals surface area contributed by atoms with E-state index in [1.54, 1.807) is 0 Å². The molecular formula is C17H23N3O2. The summed E-state index contributed by atoms with van der Waals surface area (Å²) in [5.41, 5.74) is 2.31. The number of nitrogens with one attached hydrogen (secondary N) is 2. The van der Waals surface area contributed by atoms with Gasteiger partial charge in [0.15, 0.2) is 0 Å². The Labute approximate surface area is 130 Å². The van der Waals surface area contributed by atoms with E-state index in [0.29, 0.717) is 17.6 Å². The monoisotopic (exact) mass is 301 g/mol. The van der Waals surface area contributed by atoms with Crippen LogP contribution in [0, 0.1) is 0 Å². The third-order valence-corrected chi connectivity index (χ3v) is 5.38. The van der Waals surface area contributed by atoms with Crippen LogP contribution in [-0.4, -0.2) is 41.0 Å². The Morgan fingerprint density at radius 2 is 1.95 bits per heavy atom. The van der Waals surface area contributed by atoms with Crippen LogP contribution in [0.25, 0.3) is 0 Å². The lowest BCUT2D eigenvalue weighted by molar-refractivity contribution is 0.0746. The quantitative estimate of drug-likeness (QED) is 0.820. The average Bonchev–Trinajstić information content (AvgIpc) is 2.85. The molecule has 2 saturated heterocycles. The molecule has 1 aromatic rings. The van der Waals surface area contributed by atoms with Gasteiger partial charge in [-0.05, 0) is 56.6 Å². The molecule has 0 aromatic carbocycles. The van der Waals surface area contributed by atoms with E-state index >= 15 is 0 Å². The van der Waals surface area contributed by atoms with Crippen molar-refractivity contribution in [2.45, 2.75) is 57.0 Å². The van der Waals surface area contributed by atoms with Crippen molar-refractivity contribution in [2.24, 2.45) is 0 Å². The number of amides is 1. The largest absolute Gasteiger partial charge is 0.337 e. The normalized spacial score (nSPS) is 27.4. The molecule has 1 aromatic heterocycles. The molecule has 3 aliphatic rings. The summed E-state index contributed by atoms with van der Waals surface area (Å²) in [5, 5.41) is 3.57. The topological polar surface area (TPSA) is 65.2 Å². The molecule has 4 rings (SSSR count). The lowest BCUT2D eigenvalue weighted by Crippen LogP contribution is -2.41. The number of carbonyl (C=O) groups excluding carboxylic acids is 1. The van der Waals surface area contributed by atoms with E-state index in [1.807, 2.05) is 11.0 Å². The van der Waals surface area contributed by atoms with Crippen LogP contribution in [0.5, 0.6) is 0 Å². The molecule has 118 valence electrons. The van der Waals surface area contributed by atoms with Crippen LogP contribution in [0.4, 0.5) is 0 Å². The number of hydrogen-bond acceptors (Lipinski definition) is 3. The van der Waals surface area contributed by atoms with Crippen molar-refractivity contribution in [3.05, 3.63) is 33.2 Å². The molecule has 5 nitrogen and oxygen atoms in total. The molecule has 0 spiro atoms. The number of aromatic amines is 1. The van der Waals surface area contributed by atoms with E-state index in [9.17, 15) is 9.59 Å². The highest BCUT2D eigenvalue weighted by Crippen LogP contribution is 2.22. The van der Waals surface area contributed by atoms with Gasteiger partial charge in [-0.2, -0.15) is 0 Å². The molecular weight excluding hydrogens is 278 g/mol. The van der Waals surface area contributed by atoms with Crippen molar-refractivity contribution >= 4 is 5.91 Å². The fraction of sp³-hybridized carbons (Fsp3) is 0.647. The maximum atomic E-state index is 12.8. The van der Waals surface area contributed by atoms with Crippen molar-refractivity contribution in [1.82, 2.24) is 15.2 Å². The van der Waals surface area contributed by atoms with Gasteiger partial charge in [0.05, 0.1) is 0 Å². The third kappa shape index (κ3) is 2.47. The summed E-state index contributed by atoms with van der Waals surface area (Å²) < 4.78 is 0. The highest BCUT2D eigenvalue weighted by Gasteiger charge is 2.32. The van der Waals surface area contributed by atoms with E-state index < -0.39 is 0 Å². The van der Waals surface area contributed by atoms with Crippen molar-refractivity contribution in [1.29, 1.82) is 0 Å². The Bertz CT molecular complexity index is 652. The molecule has 3 heterocycles. The predicted octanol–water partition coefficient (Wildman–Crippen LogP) is 1.22. The van der Waals surface area contributed by atoms with Gasteiger partial charge in [0.25, 0.3) is 11.5 Å². The fourth-order valence-corrected chi connectivity index (χ4v) is 4.13. The van der Waals surface area contributed by atoms with Gasteiger partial charge >= 0.3 is 0 Å². The highest BCUT2D eigenvalue weighted by molar-refractivity contribution is 5.94. The Kier molecular flexibility index (Phi) is 3.53. The van der Waals surface area contributed by atoms with Crippen LogP contribution in [-0.2, 0) is 12.8 Å². The second kappa shape index (κ2) is 5.54. The molecule has 2 fully saturated rings. The van der Waals surface area contributed by atoms with Gasteiger partial charge in [0, 0.05) is 30.9 Å². The van der Waals surface area contributed by atoms with Crippen molar-refractivity contribution in [2.75, 3.05) is 13.1 Å². The second-order valence-corrected chi connectivity index (χ2v) is 6.90. The van der Waals surface area contributed by atoms with Gasteiger partial charge in [-0.1, -0.05) is 0 Å². The predicted molar refractivity (Wildman–Crippen MR) is 84.2 cm³/mol. The molecule has 1 amide bonds. The zero-order valence-corrected chi connectivity index (χ0v) is 12.9. The summed E-state index contributed by atoms with van der Waals surface area (Å²) in [7, 11) is 0. The number of hydrogen-bond donors (Lipinski definition) is 2. The smallest absolute Gasteiger partial charge is 0.261 e. The molecule has 0 radical (unpaired) electrons.